The summed E-state index contributed by atoms with van der Waals surface area (Å²) in [5.74, 6) is 0. The number of carbonyl (C=O) groups is 1. The van der Waals surface area contributed by atoms with Crippen LogP contribution in [0.1, 0.15) is 25.7 Å². The van der Waals surface area contributed by atoms with Crippen molar-refractivity contribution in [1.29, 1.82) is 0 Å². The number of piperidine rings is 1. The lowest BCUT2D eigenvalue weighted by molar-refractivity contribution is 0.0329. The number of morpholine rings is 1. The van der Waals surface area contributed by atoms with Gasteiger partial charge in [-0.3, -0.25) is 9.88 Å². The summed E-state index contributed by atoms with van der Waals surface area (Å²) in [5.41, 5.74) is 0.859. The average molecular weight is 368 g/mol. The third kappa shape index (κ3) is 4.39. The van der Waals surface area contributed by atoms with E-state index in [4.69, 9.17) is 4.74 Å². The lowest BCUT2D eigenvalue weighted by Crippen LogP contribution is -2.48. The molecule has 2 aliphatic heterocycles. The number of nitrogens with zero attached hydrogens (tertiary/aromatic N) is 3. The van der Waals surface area contributed by atoms with Crippen LogP contribution in [0.15, 0.2) is 36.7 Å². The van der Waals surface area contributed by atoms with E-state index in [0.717, 1.165) is 75.1 Å². The molecule has 1 aromatic heterocycles. The SMILES string of the molecule is O=C(Nc1cccc2cnccc12)N1CCCC[C@@H]1CCN1CCOCC1. The largest absolute Gasteiger partial charge is 0.379 e. The normalized spacial score (nSPS) is 21.3. The molecule has 6 heteroatoms. The van der Waals surface area contributed by atoms with Gasteiger partial charge in [-0.25, -0.2) is 4.79 Å². The number of pyridine rings is 1. The molecule has 4 rings (SSSR count). The van der Waals surface area contributed by atoms with E-state index in [0.29, 0.717) is 6.04 Å². The van der Waals surface area contributed by atoms with E-state index in [1.165, 1.54) is 6.42 Å². The number of nitrogens with one attached hydrogen (secondary N) is 1. The minimum atomic E-state index is 0.0194. The molecule has 0 unspecified atom stereocenters. The Kier molecular flexibility index (Phi) is 5.84. The summed E-state index contributed by atoms with van der Waals surface area (Å²) in [5, 5.41) is 5.22. The predicted molar refractivity (Wildman–Crippen MR) is 107 cm³/mol. The van der Waals surface area contributed by atoms with Crippen molar-refractivity contribution in [3.8, 4) is 0 Å². The molecule has 0 saturated carbocycles. The van der Waals surface area contributed by atoms with Crippen molar-refractivity contribution in [1.82, 2.24) is 14.8 Å². The van der Waals surface area contributed by atoms with Crippen LogP contribution in [0.4, 0.5) is 10.5 Å². The highest BCUT2D eigenvalue weighted by Crippen LogP contribution is 2.25. The monoisotopic (exact) mass is 368 g/mol. The van der Waals surface area contributed by atoms with Crippen molar-refractivity contribution >= 4 is 22.5 Å². The molecule has 1 N–H and O–H groups in total. The van der Waals surface area contributed by atoms with Crippen LogP contribution in [0.3, 0.4) is 0 Å². The van der Waals surface area contributed by atoms with Gasteiger partial charge in [-0.05, 0) is 37.8 Å². The quantitative estimate of drug-likeness (QED) is 0.899. The first kappa shape index (κ1) is 18.2. The van der Waals surface area contributed by atoms with Gasteiger partial charge < -0.3 is 15.0 Å². The highest BCUT2D eigenvalue weighted by Gasteiger charge is 2.27. The molecule has 0 radical (unpaired) electrons. The molecular formula is C21H28N4O2. The highest BCUT2D eigenvalue weighted by molar-refractivity contribution is 6.01. The first-order valence-electron chi connectivity index (χ1n) is 10.0. The first-order valence-corrected chi connectivity index (χ1v) is 10.0. The van der Waals surface area contributed by atoms with Gasteiger partial charge in [-0.1, -0.05) is 12.1 Å². The maximum absolute atomic E-state index is 13.0. The summed E-state index contributed by atoms with van der Waals surface area (Å²) in [7, 11) is 0. The second-order valence-electron chi connectivity index (χ2n) is 7.42. The van der Waals surface area contributed by atoms with Gasteiger partial charge in [0.05, 0.1) is 18.9 Å². The van der Waals surface area contributed by atoms with Gasteiger partial charge in [-0.15, -0.1) is 0 Å². The van der Waals surface area contributed by atoms with Crippen LogP contribution in [-0.4, -0.2) is 66.2 Å². The fourth-order valence-corrected chi connectivity index (χ4v) is 4.14. The van der Waals surface area contributed by atoms with E-state index < -0.39 is 0 Å². The summed E-state index contributed by atoms with van der Waals surface area (Å²) in [6, 6.07) is 8.24. The zero-order valence-electron chi connectivity index (χ0n) is 15.8. The van der Waals surface area contributed by atoms with Crippen LogP contribution in [-0.2, 0) is 4.74 Å². The molecule has 1 aromatic carbocycles. The summed E-state index contributed by atoms with van der Waals surface area (Å²) < 4.78 is 5.43. The number of ether oxygens (including phenoxy) is 1. The first-order chi connectivity index (χ1) is 13.3. The number of rotatable bonds is 4. The number of urea groups is 1. The van der Waals surface area contributed by atoms with Gasteiger partial charge in [-0.2, -0.15) is 0 Å². The van der Waals surface area contributed by atoms with Gasteiger partial charge >= 0.3 is 6.03 Å². The molecule has 2 aliphatic rings. The summed E-state index contributed by atoms with van der Waals surface area (Å²) in [6.07, 6.45) is 8.02. The number of likely N-dealkylation sites (tertiary alicyclic amines) is 1. The molecule has 144 valence electrons. The molecule has 3 heterocycles. The average Bonchev–Trinajstić information content (AvgIpc) is 2.73. The third-order valence-corrected chi connectivity index (χ3v) is 5.69. The zero-order chi connectivity index (χ0) is 18.5. The van der Waals surface area contributed by atoms with Crippen LogP contribution >= 0.6 is 0 Å². The summed E-state index contributed by atoms with van der Waals surface area (Å²) >= 11 is 0. The lowest BCUT2D eigenvalue weighted by Gasteiger charge is -2.37. The number of anilines is 1. The second-order valence-corrected chi connectivity index (χ2v) is 7.42. The highest BCUT2D eigenvalue weighted by atomic mass is 16.5. The van der Waals surface area contributed by atoms with Crippen LogP contribution < -0.4 is 5.32 Å². The molecule has 2 amide bonds. The lowest BCUT2D eigenvalue weighted by atomic mass is 9.99. The Bertz CT molecular complexity index is 770. The van der Waals surface area contributed by atoms with Gasteiger partial charge in [0.25, 0.3) is 0 Å². The summed E-state index contributed by atoms with van der Waals surface area (Å²) in [4.78, 5) is 21.7. The third-order valence-electron chi connectivity index (χ3n) is 5.69. The molecule has 2 fully saturated rings. The molecule has 2 saturated heterocycles. The Morgan fingerprint density at radius 1 is 1.19 bits per heavy atom. The van der Waals surface area contributed by atoms with Gasteiger partial charge in [0.1, 0.15) is 0 Å². The van der Waals surface area contributed by atoms with E-state index in [-0.39, 0.29) is 6.03 Å². The van der Waals surface area contributed by atoms with E-state index in [1.807, 2.05) is 35.4 Å². The maximum atomic E-state index is 13.0. The number of carbonyl (C=O) groups excluding carboxylic acids is 1. The van der Waals surface area contributed by atoms with Crippen molar-refractivity contribution in [2.75, 3.05) is 44.7 Å². The Labute approximate surface area is 160 Å². The van der Waals surface area contributed by atoms with Crippen LogP contribution in [0.5, 0.6) is 0 Å². The number of fused-ring (bicyclic) bond motifs is 1. The van der Waals surface area contributed by atoms with Crippen LogP contribution in [0.2, 0.25) is 0 Å². The summed E-state index contributed by atoms with van der Waals surface area (Å²) in [6.45, 7) is 5.53. The Morgan fingerprint density at radius 3 is 2.96 bits per heavy atom. The Hall–Kier alpha value is -2.18. The maximum Gasteiger partial charge on any atom is 0.322 e. The number of benzene rings is 1. The second kappa shape index (κ2) is 8.67. The molecule has 0 spiro atoms. The molecule has 0 bridgehead atoms. The number of amides is 2. The van der Waals surface area contributed by atoms with E-state index >= 15 is 0 Å². The fourth-order valence-electron chi connectivity index (χ4n) is 4.14. The van der Waals surface area contributed by atoms with Crippen molar-refractivity contribution in [3.63, 3.8) is 0 Å². The predicted octanol–water partition coefficient (Wildman–Crippen LogP) is 3.34. The topological polar surface area (TPSA) is 57.7 Å². The zero-order valence-corrected chi connectivity index (χ0v) is 15.8. The van der Waals surface area contributed by atoms with Crippen molar-refractivity contribution < 1.29 is 9.53 Å². The Morgan fingerprint density at radius 2 is 2.07 bits per heavy atom. The molecule has 27 heavy (non-hydrogen) atoms. The van der Waals surface area contributed by atoms with Crippen molar-refractivity contribution in [3.05, 3.63) is 36.7 Å². The van der Waals surface area contributed by atoms with Gasteiger partial charge in [0.2, 0.25) is 0 Å². The number of hydrogen-bond acceptors (Lipinski definition) is 4. The van der Waals surface area contributed by atoms with Gasteiger partial charge in [0.15, 0.2) is 0 Å². The van der Waals surface area contributed by atoms with Crippen LogP contribution in [0.25, 0.3) is 10.8 Å². The molecule has 6 nitrogen and oxygen atoms in total. The minimum absolute atomic E-state index is 0.0194. The van der Waals surface area contributed by atoms with Crippen LogP contribution in [0, 0.1) is 0 Å². The molecule has 0 aliphatic carbocycles. The molecule has 1 atom stereocenters. The molecular weight excluding hydrogens is 340 g/mol. The Balaban J connectivity index is 1.42. The molecule has 2 aromatic rings. The van der Waals surface area contributed by atoms with E-state index in [9.17, 15) is 4.79 Å². The fraction of sp³-hybridized carbons (Fsp3) is 0.524. The van der Waals surface area contributed by atoms with Gasteiger partial charge in [0, 0.05) is 55.4 Å². The van der Waals surface area contributed by atoms with Crippen molar-refractivity contribution in [2.24, 2.45) is 0 Å². The van der Waals surface area contributed by atoms with Crippen molar-refractivity contribution in [2.45, 2.75) is 31.7 Å². The number of hydrogen-bond donors (Lipinski definition) is 1. The minimum Gasteiger partial charge on any atom is -0.379 e. The standard InChI is InChI=1S/C21H28N4O2/c26-21(23-20-6-3-4-17-16-22-9-7-19(17)20)25-10-2-1-5-18(25)8-11-24-12-14-27-15-13-24/h3-4,6-7,9,16,18H,1-2,5,8,10-15H2,(H,23,26)/t18-/m1/s1. The van der Waals surface area contributed by atoms with E-state index in [2.05, 4.69) is 15.2 Å². The van der Waals surface area contributed by atoms with E-state index in [1.54, 1.807) is 6.20 Å². The smallest absolute Gasteiger partial charge is 0.322 e. The number of aromatic nitrogens is 1.